The molecule has 3 nitrogen and oxygen atoms in total. The molecule has 1 heterocycles. The van der Waals surface area contributed by atoms with Crippen molar-refractivity contribution in [2.24, 2.45) is 0 Å². The molecule has 0 aliphatic heterocycles. The molecule has 0 amide bonds. The van der Waals surface area contributed by atoms with Crippen LogP contribution in [0.25, 0.3) is 0 Å². The zero-order valence-corrected chi connectivity index (χ0v) is 10.7. The lowest BCUT2D eigenvalue weighted by molar-refractivity contribution is 0.346. The van der Waals surface area contributed by atoms with E-state index in [0.29, 0.717) is 6.04 Å². The molecule has 0 aromatic carbocycles. The third-order valence-electron chi connectivity index (χ3n) is 2.64. The molecule has 1 aromatic heterocycles. The summed E-state index contributed by atoms with van der Waals surface area (Å²) in [6, 6.07) is 4.53. The third-order valence-corrected chi connectivity index (χ3v) is 2.64. The summed E-state index contributed by atoms with van der Waals surface area (Å²) in [4.78, 5) is 2.22. The van der Waals surface area contributed by atoms with E-state index in [9.17, 15) is 0 Å². The fourth-order valence-corrected chi connectivity index (χ4v) is 1.71. The quantitative estimate of drug-likeness (QED) is 0.733. The number of rotatable bonds is 8. The van der Waals surface area contributed by atoms with Crippen molar-refractivity contribution in [3.8, 4) is 0 Å². The first-order valence-corrected chi connectivity index (χ1v) is 6.13. The van der Waals surface area contributed by atoms with Gasteiger partial charge < -0.3 is 14.6 Å². The van der Waals surface area contributed by atoms with Crippen LogP contribution >= 0.6 is 0 Å². The van der Waals surface area contributed by atoms with Gasteiger partial charge in [-0.3, -0.25) is 0 Å². The Morgan fingerprint density at radius 1 is 1.44 bits per heavy atom. The molecule has 1 atom stereocenters. The molecule has 1 unspecified atom stereocenters. The Morgan fingerprint density at radius 2 is 2.25 bits per heavy atom. The van der Waals surface area contributed by atoms with E-state index in [1.807, 2.05) is 6.07 Å². The Bertz CT molecular complexity index is 257. The van der Waals surface area contributed by atoms with Crippen LogP contribution < -0.4 is 5.32 Å². The summed E-state index contributed by atoms with van der Waals surface area (Å²) < 4.78 is 5.40. The van der Waals surface area contributed by atoms with Gasteiger partial charge >= 0.3 is 0 Å². The lowest BCUT2D eigenvalue weighted by atomic mass is 10.1. The molecule has 0 fully saturated rings. The van der Waals surface area contributed by atoms with E-state index in [0.717, 1.165) is 31.7 Å². The predicted molar refractivity (Wildman–Crippen MR) is 67.7 cm³/mol. The van der Waals surface area contributed by atoms with Gasteiger partial charge in [0.15, 0.2) is 0 Å². The highest BCUT2D eigenvalue weighted by atomic mass is 16.3. The molecule has 1 N–H and O–H groups in total. The Labute approximate surface area is 98.8 Å². The van der Waals surface area contributed by atoms with Gasteiger partial charge in [0.1, 0.15) is 5.76 Å². The molecule has 0 bridgehead atoms. The summed E-state index contributed by atoms with van der Waals surface area (Å²) >= 11 is 0. The number of hydrogen-bond acceptors (Lipinski definition) is 3. The van der Waals surface area contributed by atoms with Crippen molar-refractivity contribution < 1.29 is 4.42 Å². The fraction of sp³-hybridized carbons (Fsp3) is 0.692. The lowest BCUT2D eigenvalue weighted by Crippen LogP contribution is -2.34. The van der Waals surface area contributed by atoms with Crippen LogP contribution in [0.15, 0.2) is 22.8 Å². The zero-order valence-electron chi connectivity index (χ0n) is 10.7. The largest absolute Gasteiger partial charge is 0.469 e. The second-order valence-corrected chi connectivity index (χ2v) is 4.53. The van der Waals surface area contributed by atoms with E-state index in [1.54, 1.807) is 6.26 Å². The highest BCUT2D eigenvalue weighted by Gasteiger charge is 2.10. The Hall–Kier alpha value is -0.800. The van der Waals surface area contributed by atoms with Crippen LogP contribution in [-0.2, 0) is 6.42 Å². The van der Waals surface area contributed by atoms with Crippen molar-refractivity contribution in [3.63, 3.8) is 0 Å². The van der Waals surface area contributed by atoms with Crippen LogP contribution in [-0.4, -0.2) is 38.1 Å². The van der Waals surface area contributed by atoms with Crippen LogP contribution in [0.5, 0.6) is 0 Å². The maximum absolute atomic E-state index is 5.40. The molecule has 1 aromatic rings. The van der Waals surface area contributed by atoms with E-state index in [1.165, 1.54) is 6.42 Å². The molecule has 92 valence electrons. The monoisotopic (exact) mass is 224 g/mol. The van der Waals surface area contributed by atoms with Gasteiger partial charge in [-0.15, -0.1) is 0 Å². The molecular weight excluding hydrogens is 200 g/mol. The summed E-state index contributed by atoms with van der Waals surface area (Å²) in [5, 5.41) is 3.58. The summed E-state index contributed by atoms with van der Waals surface area (Å²) in [5.41, 5.74) is 0. The molecule has 0 spiro atoms. The average molecular weight is 224 g/mol. The first kappa shape index (κ1) is 13.3. The van der Waals surface area contributed by atoms with Crippen LogP contribution in [0.3, 0.4) is 0 Å². The summed E-state index contributed by atoms with van der Waals surface area (Å²) in [6.07, 6.45) is 5.07. The van der Waals surface area contributed by atoms with Crippen LogP contribution in [0.4, 0.5) is 0 Å². The molecule has 0 aliphatic rings. The minimum atomic E-state index is 0.522. The molecular formula is C13H24N2O. The molecule has 0 radical (unpaired) electrons. The van der Waals surface area contributed by atoms with Crippen LogP contribution in [0.2, 0.25) is 0 Å². The van der Waals surface area contributed by atoms with Gasteiger partial charge in [-0.05, 0) is 52.2 Å². The third kappa shape index (κ3) is 5.33. The average Bonchev–Trinajstić information content (AvgIpc) is 2.74. The molecule has 3 heteroatoms. The second-order valence-electron chi connectivity index (χ2n) is 4.53. The number of nitrogens with one attached hydrogen (secondary N) is 1. The summed E-state index contributed by atoms with van der Waals surface area (Å²) in [6.45, 7) is 4.39. The van der Waals surface area contributed by atoms with E-state index in [4.69, 9.17) is 4.42 Å². The molecule has 16 heavy (non-hydrogen) atoms. The van der Waals surface area contributed by atoms with Gasteiger partial charge in [-0.2, -0.15) is 0 Å². The predicted octanol–water partition coefficient (Wildman–Crippen LogP) is 2.14. The van der Waals surface area contributed by atoms with Crippen molar-refractivity contribution in [3.05, 3.63) is 24.2 Å². The van der Waals surface area contributed by atoms with Gasteiger partial charge in [0.2, 0.25) is 0 Å². The topological polar surface area (TPSA) is 28.4 Å². The Balaban J connectivity index is 2.36. The molecule has 1 rings (SSSR count). The van der Waals surface area contributed by atoms with E-state index >= 15 is 0 Å². The van der Waals surface area contributed by atoms with Gasteiger partial charge in [0.25, 0.3) is 0 Å². The SMILES string of the molecule is CCCNC(CCN(C)C)Cc1ccco1. The maximum atomic E-state index is 5.40. The number of furan rings is 1. The van der Waals surface area contributed by atoms with E-state index in [2.05, 4.69) is 37.3 Å². The highest BCUT2D eigenvalue weighted by Crippen LogP contribution is 2.07. The van der Waals surface area contributed by atoms with Crippen molar-refractivity contribution in [2.75, 3.05) is 27.2 Å². The van der Waals surface area contributed by atoms with Crippen molar-refractivity contribution in [2.45, 2.75) is 32.2 Å². The van der Waals surface area contributed by atoms with Crippen molar-refractivity contribution in [1.29, 1.82) is 0 Å². The Kier molecular flexibility index (Phi) is 6.19. The van der Waals surface area contributed by atoms with Gasteiger partial charge in [0, 0.05) is 12.5 Å². The van der Waals surface area contributed by atoms with Crippen molar-refractivity contribution >= 4 is 0 Å². The van der Waals surface area contributed by atoms with E-state index in [-0.39, 0.29) is 0 Å². The van der Waals surface area contributed by atoms with Crippen LogP contribution in [0.1, 0.15) is 25.5 Å². The molecule has 0 aliphatic carbocycles. The number of hydrogen-bond donors (Lipinski definition) is 1. The maximum Gasteiger partial charge on any atom is 0.105 e. The van der Waals surface area contributed by atoms with Gasteiger partial charge in [0.05, 0.1) is 6.26 Å². The fourth-order valence-electron chi connectivity index (χ4n) is 1.71. The first-order chi connectivity index (χ1) is 7.72. The normalized spacial score (nSPS) is 13.2. The Morgan fingerprint density at radius 3 is 2.81 bits per heavy atom. The summed E-state index contributed by atoms with van der Waals surface area (Å²) in [5.74, 6) is 1.08. The molecule has 0 saturated carbocycles. The van der Waals surface area contributed by atoms with E-state index < -0.39 is 0 Å². The van der Waals surface area contributed by atoms with Crippen molar-refractivity contribution in [1.82, 2.24) is 10.2 Å². The standard InChI is InChI=1S/C13H24N2O/c1-4-8-14-12(7-9-15(2)3)11-13-6-5-10-16-13/h5-6,10,12,14H,4,7-9,11H2,1-3H3. The summed E-state index contributed by atoms with van der Waals surface area (Å²) in [7, 11) is 4.23. The van der Waals surface area contributed by atoms with Gasteiger partial charge in [-0.25, -0.2) is 0 Å². The number of nitrogens with zero attached hydrogens (tertiary/aromatic N) is 1. The molecule has 0 saturated heterocycles. The first-order valence-electron chi connectivity index (χ1n) is 6.13. The highest BCUT2D eigenvalue weighted by molar-refractivity contribution is 5.00. The zero-order chi connectivity index (χ0) is 11.8. The minimum absolute atomic E-state index is 0.522. The lowest BCUT2D eigenvalue weighted by Gasteiger charge is -2.19. The van der Waals surface area contributed by atoms with Crippen LogP contribution in [0, 0.1) is 0 Å². The minimum Gasteiger partial charge on any atom is -0.469 e. The smallest absolute Gasteiger partial charge is 0.105 e. The second kappa shape index (κ2) is 7.47. The van der Waals surface area contributed by atoms with Gasteiger partial charge in [-0.1, -0.05) is 6.92 Å².